The lowest BCUT2D eigenvalue weighted by atomic mass is 9.97. The number of para-hydroxylation sites is 1. The molecule has 2 rings (SSSR count). The molecular formula is C19H29N2O4P. The van der Waals surface area contributed by atoms with E-state index in [0.29, 0.717) is 12.5 Å². The van der Waals surface area contributed by atoms with Gasteiger partial charge in [-0.1, -0.05) is 32.0 Å². The van der Waals surface area contributed by atoms with Crippen LogP contribution in [0, 0.1) is 5.92 Å². The van der Waals surface area contributed by atoms with Crippen molar-refractivity contribution in [2.75, 3.05) is 19.7 Å². The number of rotatable bonds is 12. The largest absolute Gasteiger partial charge is 0.465 e. The molecule has 0 radical (unpaired) electrons. The Morgan fingerprint density at radius 3 is 2.73 bits per heavy atom. The van der Waals surface area contributed by atoms with E-state index in [0.717, 1.165) is 29.9 Å². The van der Waals surface area contributed by atoms with Gasteiger partial charge in [0.2, 0.25) is 8.45 Å². The van der Waals surface area contributed by atoms with Gasteiger partial charge >= 0.3 is 5.97 Å². The number of aldehydes is 1. The van der Waals surface area contributed by atoms with E-state index in [2.05, 4.69) is 42.2 Å². The monoisotopic (exact) mass is 380 g/mol. The summed E-state index contributed by atoms with van der Waals surface area (Å²) in [5.41, 5.74) is 2.33. The standard InChI is InChI=1S/C19H29N2O4P/c1-4-24-18(23)13-21-26(20-10-11-22)25-19-16(12-15-8-9-15)6-5-7-17(19)14(2)3/h5-7,11,14-15,20-21H,4,8-10,12-13H2,1-3H3. The van der Waals surface area contributed by atoms with Crippen molar-refractivity contribution in [2.24, 2.45) is 5.92 Å². The highest BCUT2D eigenvalue weighted by Gasteiger charge is 2.26. The lowest BCUT2D eigenvalue weighted by molar-refractivity contribution is -0.141. The smallest absolute Gasteiger partial charge is 0.320 e. The van der Waals surface area contributed by atoms with Gasteiger partial charge in [0.1, 0.15) is 18.6 Å². The van der Waals surface area contributed by atoms with Gasteiger partial charge in [-0.2, -0.15) is 0 Å². The fourth-order valence-corrected chi connectivity index (χ4v) is 3.80. The maximum Gasteiger partial charge on any atom is 0.320 e. The number of carbonyl (C=O) groups excluding carboxylic acids is 2. The quantitative estimate of drug-likeness (QED) is 0.329. The van der Waals surface area contributed by atoms with E-state index >= 15 is 0 Å². The summed E-state index contributed by atoms with van der Waals surface area (Å²) in [7, 11) is -1.38. The molecule has 2 N–H and O–H groups in total. The first kappa shape index (κ1) is 20.8. The molecule has 0 aliphatic heterocycles. The molecule has 0 spiro atoms. The van der Waals surface area contributed by atoms with Gasteiger partial charge in [0.05, 0.1) is 13.2 Å². The Labute approximate surface area is 157 Å². The van der Waals surface area contributed by atoms with E-state index in [1.165, 1.54) is 18.4 Å². The molecule has 0 bridgehead atoms. The van der Waals surface area contributed by atoms with Crippen molar-refractivity contribution < 1.29 is 18.8 Å². The van der Waals surface area contributed by atoms with Crippen molar-refractivity contribution in [1.82, 2.24) is 10.2 Å². The van der Waals surface area contributed by atoms with Gasteiger partial charge in [-0.15, -0.1) is 0 Å². The van der Waals surface area contributed by atoms with Crippen LogP contribution >= 0.6 is 8.45 Å². The topological polar surface area (TPSA) is 76.7 Å². The normalized spacial score (nSPS) is 14.9. The number of carbonyl (C=O) groups is 2. The Morgan fingerprint density at radius 2 is 2.12 bits per heavy atom. The van der Waals surface area contributed by atoms with Crippen molar-refractivity contribution >= 4 is 20.7 Å². The fraction of sp³-hybridized carbons (Fsp3) is 0.579. The van der Waals surface area contributed by atoms with Crippen LogP contribution in [0.25, 0.3) is 0 Å². The molecule has 26 heavy (non-hydrogen) atoms. The Kier molecular flexibility index (Phi) is 8.49. The molecule has 0 amide bonds. The second kappa shape index (κ2) is 10.6. The molecule has 6 nitrogen and oxygen atoms in total. The van der Waals surface area contributed by atoms with Gasteiger partial charge in [0.15, 0.2) is 0 Å². The van der Waals surface area contributed by atoms with E-state index in [1.54, 1.807) is 6.92 Å². The number of hydrogen-bond donors (Lipinski definition) is 2. The average molecular weight is 380 g/mol. The summed E-state index contributed by atoms with van der Waals surface area (Å²) in [6.07, 6.45) is 4.32. The summed E-state index contributed by atoms with van der Waals surface area (Å²) in [5.74, 6) is 1.58. The number of hydrogen-bond acceptors (Lipinski definition) is 6. The fourth-order valence-electron chi connectivity index (χ4n) is 2.64. The zero-order valence-corrected chi connectivity index (χ0v) is 16.7. The molecule has 1 aromatic rings. The summed E-state index contributed by atoms with van der Waals surface area (Å²) in [4.78, 5) is 22.4. The van der Waals surface area contributed by atoms with Crippen molar-refractivity contribution in [1.29, 1.82) is 0 Å². The number of benzene rings is 1. The van der Waals surface area contributed by atoms with Crippen LogP contribution in [0.5, 0.6) is 5.75 Å². The zero-order valence-electron chi connectivity index (χ0n) is 15.8. The van der Waals surface area contributed by atoms with Gasteiger partial charge in [0.25, 0.3) is 0 Å². The van der Waals surface area contributed by atoms with E-state index in [4.69, 9.17) is 9.26 Å². The maximum atomic E-state index is 11.6. The summed E-state index contributed by atoms with van der Waals surface area (Å²) < 4.78 is 11.2. The Bertz CT molecular complexity index is 605. The first-order chi connectivity index (χ1) is 12.5. The van der Waals surface area contributed by atoms with Crippen LogP contribution in [-0.4, -0.2) is 32.0 Å². The minimum Gasteiger partial charge on any atom is -0.465 e. The van der Waals surface area contributed by atoms with Crippen LogP contribution < -0.4 is 14.7 Å². The number of esters is 1. The van der Waals surface area contributed by atoms with Crippen molar-refractivity contribution in [3.05, 3.63) is 29.3 Å². The molecule has 1 fully saturated rings. The Hall–Kier alpha value is -1.49. The van der Waals surface area contributed by atoms with Crippen LogP contribution in [0.15, 0.2) is 18.2 Å². The maximum absolute atomic E-state index is 11.6. The average Bonchev–Trinajstić information content (AvgIpc) is 3.42. The molecule has 0 heterocycles. The van der Waals surface area contributed by atoms with Gasteiger partial charge < -0.3 is 14.1 Å². The van der Waals surface area contributed by atoms with Crippen molar-refractivity contribution in [2.45, 2.75) is 46.0 Å². The van der Waals surface area contributed by atoms with Crippen LogP contribution in [-0.2, 0) is 20.7 Å². The highest BCUT2D eigenvalue weighted by Crippen LogP contribution is 2.42. The molecule has 1 atom stereocenters. The summed E-state index contributed by atoms with van der Waals surface area (Å²) in [6.45, 7) is 6.57. The second-order valence-corrected chi connectivity index (χ2v) is 8.10. The van der Waals surface area contributed by atoms with Gasteiger partial charge in [-0.3, -0.25) is 4.79 Å². The lowest BCUT2D eigenvalue weighted by Gasteiger charge is -2.24. The van der Waals surface area contributed by atoms with Gasteiger partial charge in [0, 0.05) is 0 Å². The number of nitrogens with one attached hydrogen (secondary N) is 2. The molecular weight excluding hydrogens is 351 g/mol. The van der Waals surface area contributed by atoms with Crippen LogP contribution in [0.3, 0.4) is 0 Å². The van der Waals surface area contributed by atoms with E-state index in [9.17, 15) is 9.59 Å². The highest BCUT2D eigenvalue weighted by atomic mass is 31.2. The molecule has 1 aliphatic carbocycles. The van der Waals surface area contributed by atoms with Gasteiger partial charge in [-0.25, -0.2) is 10.2 Å². The predicted octanol–water partition coefficient (Wildman–Crippen LogP) is 3.31. The van der Waals surface area contributed by atoms with Crippen molar-refractivity contribution in [3.63, 3.8) is 0 Å². The summed E-state index contributed by atoms with van der Waals surface area (Å²) in [6, 6.07) is 6.26. The highest BCUT2D eigenvalue weighted by molar-refractivity contribution is 7.48. The molecule has 144 valence electrons. The number of ether oxygens (including phenoxy) is 1. The minimum absolute atomic E-state index is 0.0349. The molecule has 1 aromatic carbocycles. The van der Waals surface area contributed by atoms with Crippen LogP contribution in [0.1, 0.15) is 50.7 Å². The minimum atomic E-state index is -1.38. The van der Waals surface area contributed by atoms with Crippen molar-refractivity contribution in [3.8, 4) is 5.75 Å². The third-order valence-corrected chi connectivity index (χ3v) is 5.41. The van der Waals surface area contributed by atoms with E-state index < -0.39 is 8.45 Å². The zero-order chi connectivity index (χ0) is 18.9. The predicted molar refractivity (Wildman–Crippen MR) is 103 cm³/mol. The first-order valence-corrected chi connectivity index (χ1v) is 10.5. The molecule has 0 aromatic heterocycles. The second-order valence-electron chi connectivity index (χ2n) is 6.69. The third kappa shape index (κ3) is 6.67. The Morgan fingerprint density at radius 1 is 1.35 bits per heavy atom. The molecule has 1 unspecified atom stereocenters. The SMILES string of the molecule is CCOC(=O)CNP(NCC=O)Oc1c(CC2CC2)cccc1C(C)C. The summed E-state index contributed by atoms with van der Waals surface area (Å²) in [5, 5.41) is 6.08. The van der Waals surface area contributed by atoms with Crippen LogP contribution in [0.4, 0.5) is 0 Å². The van der Waals surface area contributed by atoms with Crippen LogP contribution in [0.2, 0.25) is 0 Å². The first-order valence-electron chi connectivity index (χ1n) is 9.21. The molecule has 1 aliphatic rings. The van der Waals surface area contributed by atoms with E-state index in [1.807, 2.05) is 0 Å². The van der Waals surface area contributed by atoms with Gasteiger partial charge in [-0.05, 0) is 49.1 Å². The molecule has 1 saturated carbocycles. The molecule has 7 heteroatoms. The van der Waals surface area contributed by atoms with E-state index in [-0.39, 0.29) is 19.1 Å². The Balaban J connectivity index is 2.15. The lowest BCUT2D eigenvalue weighted by Crippen LogP contribution is -2.29. The third-order valence-electron chi connectivity index (χ3n) is 4.13. The molecule has 0 saturated heterocycles. The summed E-state index contributed by atoms with van der Waals surface area (Å²) >= 11 is 0.